The van der Waals surface area contributed by atoms with E-state index in [1.807, 2.05) is 38.1 Å². The Kier molecular flexibility index (Phi) is 7.38. The first kappa shape index (κ1) is 20.9. The zero-order valence-corrected chi connectivity index (χ0v) is 16.7. The van der Waals surface area contributed by atoms with Gasteiger partial charge in [-0.15, -0.1) is 0 Å². The first-order chi connectivity index (χ1) is 12.8. The molecule has 146 valence electrons. The number of ether oxygens (including phenoxy) is 1. The fourth-order valence-corrected chi connectivity index (χ4v) is 3.49. The Morgan fingerprint density at radius 2 is 1.81 bits per heavy atom. The van der Waals surface area contributed by atoms with Crippen LogP contribution in [0.5, 0.6) is 5.75 Å². The normalized spacial score (nSPS) is 11.4. The molecule has 27 heavy (non-hydrogen) atoms. The van der Waals surface area contributed by atoms with Crippen LogP contribution in [0.25, 0.3) is 0 Å². The Bertz CT molecular complexity index is 862. The van der Waals surface area contributed by atoms with E-state index in [0.29, 0.717) is 18.9 Å². The van der Waals surface area contributed by atoms with Crippen molar-refractivity contribution in [2.45, 2.75) is 31.1 Å². The number of methoxy groups -OCH3 is 1. The van der Waals surface area contributed by atoms with Crippen LogP contribution in [0.2, 0.25) is 0 Å². The molecular formula is C20H26N2O4S. The number of nitrogens with one attached hydrogen (secondary N) is 2. The fraction of sp³-hybridized carbons (Fsp3) is 0.350. The van der Waals surface area contributed by atoms with Gasteiger partial charge in [0.05, 0.1) is 18.6 Å². The van der Waals surface area contributed by atoms with E-state index in [2.05, 4.69) is 10.0 Å². The lowest BCUT2D eigenvalue weighted by atomic mass is 10.0. The molecule has 0 aliphatic rings. The van der Waals surface area contributed by atoms with Gasteiger partial charge in [-0.3, -0.25) is 4.79 Å². The highest BCUT2D eigenvalue weighted by atomic mass is 32.2. The lowest BCUT2D eigenvalue weighted by Gasteiger charge is -2.10. The van der Waals surface area contributed by atoms with Gasteiger partial charge in [-0.25, -0.2) is 13.1 Å². The minimum absolute atomic E-state index is 0.149. The van der Waals surface area contributed by atoms with Crippen molar-refractivity contribution in [1.29, 1.82) is 0 Å². The zero-order chi connectivity index (χ0) is 19.9. The van der Waals surface area contributed by atoms with E-state index in [1.54, 1.807) is 31.4 Å². The maximum absolute atomic E-state index is 12.3. The van der Waals surface area contributed by atoms with Crippen LogP contribution in [-0.4, -0.2) is 34.5 Å². The molecule has 6 nitrogen and oxygen atoms in total. The van der Waals surface area contributed by atoms with Gasteiger partial charge in [0.2, 0.25) is 15.9 Å². The number of carbonyl (C=O) groups is 1. The predicted octanol–water partition coefficient (Wildman–Crippen LogP) is 2.46. The second kappa shape index (κ2) is 9.53. The maximum Gasteiger partial charge on any atom is 0.241 e. The Labute approximate surface area is 161 Å². The second-order valence-electron chi connectivity index (χ2n) is 6.50. The number of amides is 1. The quantitative estimate of drug-likeness (QED) is 0.689. The highest BCUT2D eigenvalue weighted by molar-refractivity contribution is 7.89. The predicted molar refractivity (Wildman–Crippen MR) is 105 cm³/mol. The highest BCUT2D eigenvalue weighted by Crippen LogP contribution is 2.17. The third-order valence-corrected chi connectivity index (χ3v) is 5.57. The average Bonchev–Trinajstić information content (AvgIpc) is 2.66. The molecule has 0 bridgehead atoms. The molecular weight excluding hydrogens is 364 g/mol. The summed E-state index contributed by atoms with van der Waals surface area (Å²) in [5, 5.41) is 2.71. The molecule has 2 rings (SSSR count). The van der Waals surface area contributed by atoms with E-state index >= 15 is 0 Å². The number of hydrogen-bond acceptors (Lipinski definition) is 4. The van der Waals surface area contributed by atoms with Crippen molar-refractivity contribution in [3.63, 3.8) is 0 Å². The number of hydrogen-bond donors (Lipinski definition) is 2. The molecule has 0 saturated heterocycles. The van der Waals surface area contributed by atoms with Gasteiger partial charge in [-0.1, -0.05) is 38.1 Å². The summed E-state index contributed by atoms with van der Waals surface area (Å²) in [6, 6.07) is 14.3. The van der Waals surface area contributed by atoms with E-state index in [4.69, 9.17) is 4.74 Å². The van der Waals surface area contributed by atoms with Gasteiger partial charge in [0, 0.05) is 6.54 Å². The number of sulfonamides is 1. The van der Waals surface area contributed by atoms with Crippen molar-refractivity contribution in [2.24, 2.45) is 0 Å². The number of rotatable bonds is 9. The van der Waals surface area contributed by atoms with Crippen molar-refractivity contribution < 1.29 is 17.9 Å². The summed E-state index contributed by atoms with van der Waals surface area (Å²) in [6.07, 6.45) is 0.631. The maximum atomic E-state index is 12.3. The molecule has 0 aromatic heterocycles. The van der Waals surface area contributed by atoms with Gasteiger partial charge in [-0.2, -0.15) is 0 Å². The molecule has 1 amide bonds. The van der Waals surface area contributed by atoms with Gasteiger partial charge < -0.3 is 10.1 Å². The van der Waals surface area contributed by atoms with Gasteiger partial charge >= 0.3 is 0 Å². The molecule has 2 aromatic rings. The van der Waals surface area contributed by atoms with Crippen LogP contribution in [0.1, 0.15) is 30.9 Å². The van der Waals surface area contributed by atoms with Gasteiger partial charge in [-0.05, 0) is 47.7 Å². The molecule has 0 spiro atoms. The fourth-order valence-electron chi connectivity index (χ4n) is 2.51. The van der Waals surface area contributed by atoms with Crippen LogP contribution < -0.4 is 14.8 Å². The number of carbonyl (C=O) groups excluding carboxylic acids is 1. The summed E-state index contributed by atoms with van der Waals surface area (Å²) < 4.78 is 32.0. The summed E-state index contributed by atoms with van der Waals surface area (Å²) >= 11 is 0. The third-order valence-electron chi connectivity index (χ3n) is 4.15. The molecule has 0 atom stereocenters. The van der Waals surface area contributed by atoms with Crippen LogP contribution in [-0.2, 0) is 21.2 Å². The van der Waals surface area contributed by atoms with Crippen LogP contribution in [0, 0.1) is 0 Å². The van der Waals surface area contributed by atoms with Crippen molar-refractivity contribution in [1.82, 2.24) is 10.0 Å². The molecule has 0 fully saturated rings. The third kappa shape index (κ3) is 6.37. The first-order valence-electron chi connectivity index (χ1n) is 8.81. The van der Waals surface area contributed by atoms with E-state index in [0.717, 1.165) is 16.9 Å². The molecule has 7 heteroatoms. The first-order valence-corrected chi connectivity index (χ1v) is 10.3. The molecule has 2 aromatic carbocycles. The molecule has 2 N–H and O–H groups in total. The molecule has 0 aliphatic carbocycles. The van der Waals surface area contributed by atoms with Crippen molar-refractivity contribution >= 4 is 15.9 Å². The van der Waals surface area contributed by atoms with Crippen molar-refractivity contribution in [3.05, 3.63) is 59.7 Å². The average molecular weight is 391 g/mol. The van der Waals surface area contributed by atoms with Crippen LogP contribution in [0.15, 0.2) is 53.4 Å². The van der Waals surface area contributed by atoms with Crippen LogP contribution >= 0.6 is 0 Å². The molecule has 0 aliphatic heterocycles. The molecule has 0 radical (unpaired) electrons. The van der Waals surface area contributed by atoms with Gasteiger partial charge in [0.25, 0.3) is 0 Å². The lowest BCUT2D eigenvalue weighted by Crippen LogP contribution is -2.37. The van der Waals surface area contributed by atoms with E-state index in [9.17, 15) is 13.2 Å². The Balaban J connectivity index is 1.81. The Morgan fingerprint density at radius 3 is 2.44 bits per heavy atom. The summed E-state index contributed by atoms with van der Waals surface area (Å²) in [5.74, 6) is 0.709. The topological polar surface area (TPSA) is 84.5 Å². The molecule has 0 heterocycles. The summed E-state index contributed by atoms with van der Waals surface area (Å²) in [6.45, 7) is 4.19. The van der Waals surface area contributed by atoms with Crippen molar-refractivity contribution in [2.75, 3.05) is 20.2 Å². The van der Waals surface area contributed by atoms with E-state index in [1.165, 1.54) is 0 Å². The standard InChI is InChI=1S/C20H26N2O4S/c1-15(2)17-7-9-19(10-8-17)27(24,25)22-14-20(23)21-12-11-16-5-4-6-18(13-16)26-3/h4-10,13,15,22H,11-12,14H2,1-3H3,(H,21,23). The summed E-state index contributed by atoms with van der Waals surface area (Å²) in [4.78, 5) is 12.1. The lowest BCUT2D eigenvalue weighted by molar-refractivity contribution is -0.119. The molecule has 0 unspecified atom stereocenters. The highest BCUT2D eigenvalue weighted by Gasteiger charge is 2.15. The van der Waals surface area contributed by atoms with Crippen LogP contribution in [0.4, 0.5) is 0 Å². The summed E-state index contributed by atoms with van der Waals surface area (Å²) in [5.41, 5.74) is 2.09. The zero-order valence-electron chi connectivity index (χ0n) is 15.9. The smallest absolute Gasteiger partial charge is 0.241 e. The van der Waals surface area contributed by atoms with E-state index in [-0.39, 0.29) is 17.3 Å². The minimum Gasteiger partial charge on any atom is -0.497 e. The van der Waals surface area contributed by atoms with E-state index < -0.39 is 10.0 Å². The van der Waals surface area contributed by atoms with Crippen molar-refractivity contribution in [3.8, 4) is 5.75 Å². The number of benzene rings is 2. The van der Waals surface area contributed by atoms with Crippen LogP contribution in [0.3, 0.4) is 0 Å². The SMILES string of the molecule is COc1cccc(CCNC(=O)CNS(=O)(=O)c2ccc(C(C)C)cc2)c1. The monoisotopic (exact) mass is 390 g/mol. The van der Waals surface area contributed by atoms with Gasteiger partial charge in [0.15, 0.2) is 0 Å². The molecule has 0 saturated carbocycles. The minimum atomic E-state index is -3.71. The van der Waals surface area contributed by atoms with Gasteiger partial charge in [0.1, 0.15) is 5.75 Å². The largest absolute Gasteiger partial charge is 0.497 e. The Hall–Kier alpha value is -2.38. The summed E-state index contributed by atoms with van der Waals surface area (Å²) in [7, 11) is -2.11. The second-order valence-corrected chi connectivity index (χ2v) is 8.27. The Morgan fingerprint density at radius 1 is 1.11 bits per heavy atom.